The van der Waals surface area contributed by atoms with Gasteiger partial charge in [-0.3, -0.25) is 4.79 Å². The Kier molecular flexibility index (Phi) is 3.01. The number of fused-ring (bicyclic) bond motifs is 1. The summed E-state index contributed by atoms with van der Waals surface area (Å²) in [5, 5.41) is 9.40. The first-order valence-electron chi connectivity index (χ1n) is 6.82. The van der Waals surface area contributed by atoms with Crippen molar-refractivity contribution in [2.45, 2.75) is 31.6 Å². The average molecular weight is 258 g/mol. The fourth-order valence-corrected chi connectivity index (χ4v) is 3.23. The molecule has 2 aromatic rings. The topological polar surface area (TPSA) is 55.1 Å². The van der Waals surface area contributed by atoms with Crippen molar-refractivity contribution in [3.63, 3.8) is 0 Å². The van der Waals surface area contributed by atoms with E-state index in [0.717, 1.165) is 42.5 Å². The van der Waals surface area contributed by atoms with Crippen molar-refractivity contribution >= 4 is 17.0 Å². The molecule has 1 N–H and O–H groups in total. The van der Waals surface area contributed by atoms with Crippen LogP contribution in [0.4, 0.5) is 0 Å². The third kappa shape index (κ3) is 2.01. The molecule has 1 aliphatic carbocycles. The van der Waals surface area contributed by atoms with Crippen molar-refractivity contribution in [1.82, 2.24) is 9.55 Å². The SMILES string of the molecule is Cn1c([C@@H]2CCCC[C@H]2C(=O)O)nc2ccccc21. The molecule has 0 radical (unpaired) electrons. The average Bonchev–Trinajstić information content (AvgIpc) is 2.76. The first-order valence-corrected chi connectivity index (χ1v) is 6.82. The molecule has 0 unspecified atom stereocenters. The summed E-state index contributed by atoms with van der Waals surface area (Å²) in [6, 6.07) is 7.97. The van der Waals surface area contributed by atoms with Crippen LogP contribution < -0.4 is 0 Å². The lowest BCUT2D eigenvalue weighted by atomic mass is 9.79. The van der Waals surface area contributed by atoms with Crippen molar-refractivity contribution in [3.05, 3.63) is 30.1 Å². The number of carboxylic acids is 1. The zero-order valence-electron chi connectivity index (χ0n) is 11.0. The number of nitrogens with zero attached hydrogens (tertiary/aromatic N) is 2. The summed E-state index contributed by atoms with van der Waals surface area (Å²) in [5.74, 6) is -0.00188. The number of imidazole rings is 1. The minimum absolute atomic E-state index is 0.0450. The van der Waals surface area contributed by atoms with Gasteiger partial charge in [-0.2, -0.15) is 0 Å². The molecule has 4 heteroatoms. The van der Waals surface area contributed by atoms with E-state index < -0.39 is 5.97 Å². The Morgan fingerprint density at radius 2 is 2.05 bits per heavy atom. The smallest absolute Gasteiger partial charge is 0.307 e. The van der Waals surface area contributed by atoms with Crippen LogP contribution in [0.5, 0.6) is 0 Å². The van der Waals surface area contributed by atoms with Crippen molar-refractivity contribution in [1.29, 1.82) is 0 Å². The van der Waals surface area contributed by atoms with E-state index in [1.165, 1.54) is 0 Å². The van der Waals surface area contributed by atoms with Crippen LogP contribution in [0.3, 0.4) is 0 Å². The van der Waals surface area contributed by atoms with Gasteiger partial charge in [0, 0.05) is 13.0 Å². The minimum atomic E-state index is -0.684. The summed E-state index contributed by atoms with van der Waals surface area (Å²) in [4.78, 5) is 16.1. The fourth-order valence-electron chi connectivity index (χ4n) is 3.23. The zero-order chi connectivity index (χ0) is 13.4. The van der Waals surface area contributed by atoms with Gasteiger partial charge in [0.15, 0.2) is 0 Å². The van der Waals surface area contributed by atoms with Crippen LogP contribution in [0.2, 0.25) is 0 Å². The van der Waals surface area contributed by atoms with Gasteiger partial charge >= 0.3 is 5.97 Å². The second-order valence-electron chi connectivity index (χ2n) is 5.35. The van der Waals surface area contributed by atoms with Gasteiger partial charge in [-0.1, -0.05) is 25.0 Å². The van der Waals surface area contributed by atoms with E-state index in [1.54, 1.807) is 0 Å². The molecule has 1 fully saturated rings. The predicted octanol–water partition coefficient (Wildman–Crippen LogP) is 2.93. The van der Waals surface area contributed by atoms with E-state index in [4.69, 9.17) is 0 Å². The van der Waals surface area contributed by atoms with E-state index in [1.807, 2.05) is 31.3 Å². The summed E-state index contributed by atoms with van der Waals surface area (Å²) < 4.78 is 2.06. The van der Waals surface area contributed by atoms with Crippen LogP contribution in [-0.2, 0) is 11.8 Å². The lowest BCUT2D eigenvalue weighted by Gasteiger charge is -2.27. The standard InChI is InChI=1S/C15H18N2O2/c1-17-13-9-5-4-8-12(13)16-14(17)10-6-2-3-7-11(10)15(18)19/h4-5,8-11H,2-3,6-7H2,1H3,(H,18,19)/t10-,11-/m1/s1. The molecular weight excluding hydrogens is 240 g/mol. The second-order valence-corrected chi connectivity index (χ2v) is 5.35. The highest BCUT2D eigenvalue weighted by molar-refractivity contribution is 5.76. The molecule has 3 rings (SSSR count). The number of hydrogen-bond acceptors (Lipinski definition) is 2. The van der Waals surface area contributed by atoms with E-state index >= 15 is 0 Å². The summed E-state index contributed by atoms with van der Waals surface area (Å²) in [6.07, 6.45) is 3.80. The van der Waals surface area contributed by atoms with Gasteiger partial charge in [-0.15, -0.1) is 0 Å². The number of para-hydroxylation sites is 2. The van der Waals surface area contributed by atoms with Crippen LogP contribution in [0.1, 0.15) is 37.4 Å². The van der Waals surface area contributed by atoms with Crippen LogP contribution in [0, 0.1) is 5.92 Å². The number of carboxylic acid groups (broad SMARTS) is 1. The normalized spacial score (nSPS) is 23.6. The predicted molar refractivity (Wildman–Crippen MR) is 73.0 cm³/mol. The van der Waals surface area contributed by atoms with Crippen LogP contribution in [0.15, 0.2) is 24.3 Å². The highest BCUT2D eigenvalue weighted by Gasteiger charge is 2.34. The molecule has 1 heterocycles. The molecule has 0 amide bonds. The lowest BCUT2D eigenvalue weighted by molar-refractivity contribution is -0.143. The van der Waals surface area contributed by atoms with Gasteiger partial charge < -0.3 is 9.67 Å². The Balaban J connectivity index is 2.07. The molecule has 0 spiro atoms. The molecule has 0 aliphatic heterocycles. The van der Waals surface area contributed by atoms with Gasteiger partial charge in [0.05, 0.1) is 17.0 Å². The Hall–Kier alpha value is -1.84. The summed E-state index contributed by atoms with van der Waals surface area (Å²) in [6.45, 7) is 0. The number of hydrogen-bond donors (Lipinski definition) is 1. The summed E-state index contributed by atoms with van der Waals surface area (Å²) in [7, 11) is 1.98. The van der Waals surface area contributed by atoms with Crippen molar-refractivity contribution in [3.8, 4) is 0 Å². The quantitative estimate of drug-likeness (QED) is 0.901. The number of rotatable bonds is 2. The molecule has 1 aromatic carbocycles. The molecule has 100 valence electrons. The minimum Gasteiger partial charge on any atom is -0.481 e. The highest BCUT2D eigenvalue weighted by atomic mass is 16.4. The lowest BCUT2D eigenvalue weighted by Crippen LogP contribution is -2.27. The molecule has 1 aromatic heterocycles. The maximum atomic E-state index is 11.4. The monoisotopic (exact) mass is 258 g/mol. The molecule has 1 aliphatic rings. The molecule has 0 bridgehead atoms. The van der Waals surface area contributed by atoms with Gasteiger partial charge in [0.25, 0.3) is 0 Å². The van der Waals surface area contributed by atoms with E-state index in [2.05, 4.69) is 9.55 Å². The molecule has 2 atom stereocenters. The van der Waals surface area contributed by atoms with E-state index in [0.29, 0.717) is 0 Å². The Morgan fingerprint density at radius 1 is 1.32 bits per heavy atom. The van der Waals surface area contributed by atoms with Crippen LogP contribution in [0.25, 0.3) is 11.0 Å². The van der Waals surface area contributed by atoms with Crippen molar-refractivity contribution in [2.75, 3.05) is 0 Å². The first kappa shape index (κ1) is 12.2. The first-order chi connectivity index (χ1) is 9.18. The third-order valence-corrected chi connectivity index (χ3v) is 4.24. The molecule has 0 saturated heterocycles. The van der Waals surface area contributed by atoms with Crippen molar-refractivity contribution in [2.24, 2.45) is 13.0 Å². The van der Waals surface area contributed by atoms with Gasteiger partial charge in [-0.05, 0) is 25.0 Å². The molecule has 1 saturated carbocycles. The maximum absolute atomic E-state index is 11.4. The van der Waals surface area contributed by atoms with Gasteiger partial charge in [0.1, 0.15) is 5.82 Å². The summed E-state index contributed by atoms with van der Waals surface area (Å²) in [5.41, 5.74) is 2.03. The number of aryl methyl sites for hydroxylation is 1. The van der Waals surface area contributed by atoms with Crippen molar-refractivity contribution < 1.29 is 9.90 Å². The number of aromatic nitrogens is 2. The van der Waals surface area contributed by atoms with E-state index in [9.17, 15) is 9.90 Å². The maximum Gasteiger partial charge on any atom is 0.307 e. The van der Waals surface area contributed by atoms with Gasteiger partial charge in [-0.25, -0.2) is 4.98 Å². The Morgan fingerprint density at radius 3 is 2.79 bits per heavy atom. The molecule has 19 heavy (non-hydrogen) atoms. The molecular formula is C15H18N2O2. The number of aliphatic carboxylic acids is 1. The second kappa shape index (κ2) is 4.68. The number of carbonyl (C=O) groups is 1. The Bertz CT molecular complexity index is 618. The molecule has 4 nitrogen and oxygen atoms in total. The third-order valence-electron chi connectivity index (χ3n) is 4.24. The largest absolute Gasteiger partial charge is 0.481 e. The number of benzene rings is 1. The zero-order valence-corrected chi connectivity index (χ0v) is 11.0. The Labute approximate surface area is 112 Å². The highest BCUT2D eigenvalue weighted by Crippen LogP contribution is 2.38. The van der Waals surface area contributed by atoms with E-state index in [-0.39, 0.29) is 11.8 Å². The van der Waals surface area contributed by atoms with Crippen LogP contribution in [-0.4, -0.2) is 20.6 Å². The summed E-state index contributed by atoms with van der Waals surface area (Å²) >= 11 is 0. The van der Waals surface area contributed by atoms with Gasteiger partial charge in [0.2, 0.25) is 0 Å². The fraction of sp³-hybridized carbons (Fsp3) is 0.467. The van der Waals surface area contributed by atoms with Crippen LogP contribution >= 0.6 is 0 Å².